The maximum Gasteiger partial charge on any atom is 0.314 e. The van der Waals surface area contributed by atoms with Gasteiger partial charge in [0.25, 0.3) is 0 Å². The van der Waals surface area contributed by atoms with E-state index >= 15 is 0 Å². The predicted molar refractivity (Wildman–Crippen MR) is 81.2 cm³/mol. The Morgan fingerprint density at radius 3 is 2.68 bits per heavy atom. The van der Waals surface area contributed by atoms with E-state index in [1.807, 2.05) is 4.90 Å². The number of halogens is 1. The smallest absolute Gasteiger partial charge is 0.314 e. The molecule has 0 aromatic heterocycles. The molecule has 2 aliphatic heterocycles. The van der Waals surface area contributed by atoms with Gasteiger partial charge >= 0.3 is 5.69 Å². The molecule has 7 heteroatoms. The number of anilines is 1. The first-order valence-corrected chi connectivity index (χ1v) is 7.53. The van der Waals surface area contributed by atoms with Crippen LogP contribution in [-0.2, 0) is 6.42 Å². The number of piperidine rings is 1. The van der Waals surface area contributed by atoms with Crippen molar-refractivity contribution in [2.45, 2.75) is 25.3 Å². The second-order valence-corrected chi connectivity index (χ2v) is 6.07. The predicted octanol–water partition coefficient (Wildman–Crippen LogP) is 2.20. The van der Waals surface area contributed by atoms with E-state index in [4.69, 9.17) is 4.74 Å². The van der Waals surface area contributed by atoms with Crippen LogP contribution in [0.4, 0.5) is 15.8 Å². The zero-order valence-electron chi connectivity index (χ0n) is 12.8. The van der Waals surface area contributed by atoms with E-state index in [0.717, 1.165) is 32.0 Å². The molecule has 0 atom stereocenters. The third kappa shape index (κ3) is 2.49. The van der Waals surface area contributed by atoms with Gasteiger partial charge in [-0.15, -0.1) is 0 Å². The zero-order chi connectivity index (χ0) is 15.9. The van der Waals surface area contributed by atoms with Crippen LogP contribution in [-0.4, -0.2) is 49.7 Å². The number of hydrogen-bond donors (Lipinski definition) is 0. The number of nitro groups is 1. The number of ether oxygens (including phenoxy) is 1. The summed E-state index contributed by atoms with van der Waals surface area (Å²) in [5.41, 5.74) is 0.877. The van der Waals surface area contributed by atoms with Gasteiger partial charge in [-0.05, 0) is 26.9 Å². The first-order chi connectivity index (χ1) is 10.5. The van der Waals surface area contributed by atoms with Gasteiger partial charge in [-0.3, -0.25) is 10.1 Å². The van der Waals surface area contributed by atoms with Gasteiger partial charge in [0.15, 0.2) is 5.82 Å². The molecule has 3 rings (SSSR count). The summed E-state index contributed by atoms with van der Waals surface area (Å²) < 4.78 is 19.9. The van der Waals surface area contributed by atoms with E-state index in [9.17, 15) is 14.5 Å². The topological polar surface area (TPSA) is 58.9 Å². The van der Waals surface area contributed by atoms with Crippen molar-refractivity contribution in [1.29, 1.82) is 0 Å². The average Bonchev–Trinajstić information content (AvgIpc) is 2.95. The second-order valence-electron chi connectivity index (χ2n) is 6.07. The van der Waals surface area contributed by atoms with Gasteiger partial charge in [0.2, 0.25) is 5.75 Å². The minimum Gasteiger partial charge on any atom is -0.486 e. The zero-order valence-corrected chi connectivity index (χ0v) is 12.8. The number of benzene rings is 1. The van der Waals surface area contributed by atoms with Gasteiger partial charge in [0.05, 0.1) is 23.3 Å². The van der Waals surface area contributed by atoms with E-state index in [2.05, 4.69) is 19.0 Å². The van der Waals surface area contributed by atoms with Gasteiger partial charge in [0, 0.05) is 31.1 Å². The molecule has 0 saturated carbocycles. The standard InChI is InChI=1S/C15H20FN3O3/c1-17(2)10-3-6-18(7-4-10)14-11-5-8-22-15(11)13(19(20)21)9-12(14)16/h9-10H,3-8H2,1-2H3. The maximum absolute atomic E-state index is 14.5. The molecule has 0 bridgehead atoms. The first-order valence-electron chi connectivity index (χ1n) is 7.53. The Bertz CT molecular complexity index is 598. The molecule has 6 nitrogen and oxygen atoms in total. The van der Waals surface area contributed by atoms with Gasteiger partial charge in [0.1, 0.15) is 0 Å². The normalized spacial score (nSPS) is 18.5. The number of fused-ring (bicyclic) bond motifs is 1. The molecule has 1 fully saturated rings. The van der Waals surface area contributed by atoms with Crippen molar-refractivity contribution < 1.29 is 14.1 Å². The molecular weight excluding hydrogens is 289 g/mol. The molecule has 1 saturated heterocycles. The molecule has 1 aromatic rings. The monoisotopic (exact) mass is 309 g/mol. The van der Waals surface area contributed by atoms with Gasteiger partial charge in [-0.1, -0.05) is 0 Å². The molecular formula is C15H20FN3O3. The lowest BCUT2D eigenvalue weighted by Gasteiger charge is -2.37. The van der Waals surface area contributed by atoms with Gasteiger partial charge < -0.3 is 14.5 Å². The average molecular weight is 309 g/mol. The van der Waals surface area contributed by atoms with Crippen molar-refractivity contribution >= 4 is 11.4 Å². The minimum atomic E-state index is -0.574. The van der Waals surface area contributed by atoms with Crippen LogP contribution in [0.3, 0.4) is 0 Å². The Labute approximate surface area is 128 Å². The molecule has 2 heterocycles. The van der Waals surface area contributed by atoms with Crippen LogP contribution in [0, 0.1) is 15.9 Å². The second kappa shape index (κ2) is 5.72. The lowest BCUT2D eigenvalue weighted by atomic mass is 10.0. The molecule has 0 N–H and O–H groups in total. The summed E-state index contributed by atoms with van der Waals surface area (Å²) in [6, 6.07) is 1.50. The van der Waals surface area contributed by atoms with Crippen molar-refractivity contribution in [2.24, 2.45) is 0 Å². The Morgan fingerprint density at radius 2 is 2.09 bits per heavy atom. The maximum atomic E-state index is 14.5. The summed E-state index contributed by atoms with van der Waals surface area (Å²) in [6.45, 7) is 1.88. The van der Waals surface area contributed by atoms with Crippen molar-refractivity contribution in [1.82, 2.24) is 4.90 Å². The first kappa shape index (κ1) is 15.0. The Balaban J connectivity index is 1.92. The molecule has 2 aliphatic rings. The van der Waals surface area contributed by atoms with Crippen LogP contribution in [0.25, 0.3) is 0 Å². The Kier molecular flexibility index (Phi) is 3.90. The van der Waals surface area contributed by atoms with E-state index in [1.54, 1.807) is 0 Å². The number of nitrogens with zero attached hydrogens (tertiary/aromatic N) is 3. The van der Waals surface area contributed by atoms with E-state index < -0.39 is 10.7 Å². The van der Waals surface area contributed by atoms with Gasteiger partial charge in [-0.25, -0.2) is 4.39 Å². The summed E-state index contributed by atoms with van der Waals surface area (Å²) >= 11 is 0. The van der Waals surface area contributed by atoms with Crippen molar-refractivity contribution in [2.75, 3.05) is 38.7 Å². The third-order valence-electron chi connectivity index (χ3n) is 4.59. The highest BCUT2D eigenvalue weighted by Gasteiger charge is 2.33. The molecule has 22 heavy (non-hydrogen) atoms. The number of rotatable bonds is 3. The van der Waals surface area contributed by atoms with Crippen LogP contribution >= 0.6 is 0 Å². The summed E-state index contributed by atoms with van der Waals surface area (Å²) in [4.78, 5) is 14.7. The van der Waals surface area contributed by atoms with Crippen molar-refractivity contribution in [3.8, 4) is 5.75 Å². The van der Waals surface area contributed by atoms with Crippen molar-refractivity contribution in [3.63, 3.8) is 0 Å². The molecule has 1 aromatic carbocycles. The fourth-order valence-electron chi connectivity index (χ4n) is 3.39. The van der Waals surface area contributed by atoms with Gasteiger partial charge in [-0.2, -0.15) is 0 Å². The minimum absolute atomic E-state index is 0.246. The summed E-state index contributed by atoms with van der Waals surface area (Å²) in [7, 11) is 4.11. The Morgan fingerprint density at radius 1 is 1.41 bits per heavy atom. The molecule has 0 amide bonds. The van der Waals surface area contributed by atoms with Crippen LogP contribution in [0.1, 0.15) is 18.4 Å². The number of nitro benzene ring substituents is 1. The van der Waals surface area contributed by atoms with E-state index in [1.165, 1.54) is 0 Å². The fraction of sp³-hybridized carbons (Fsp3) is 0.600. The highest BCUT2D eigenvalue weighted by atomic mass is 19.1. The lowest BCUT2D eigenvalue weighted by Crippen LogP contribution is -2.42. The molecule has 0 unspecified atom stereocenters. The molecule has 0 aliphatic carbocycles. The molecule has 0 radical (unpaired) electrons. The molecule has 0 spiro atoms. The highest BCUT2D eigenvalue weighted by molar-refractivity contribution is 5.69. The van der Waals surface area contributed by atoms with Crippen LogP contribution in [0.5, 0.6) is 5.75 Å². The summed E-state index contributed by atoms with van der Waals surface area (Å²) in [6.07, 6.45) is 2.44. The van der Waals surface area contributed by atoms with E-state index in [0.29, 0.717) is 30.3 Å². The van der Waals surface area contributed by atoms with E-state index in [-0.39, 0.29) is 11.4 Å². The summed E-state index contributed by atoms with van der Waals surface area (Å²) in [5.74, 6) is -0.268. The van der Waals surface area contributed by atoms with Crippen LogP contribution in [0.2, 0.25) is 0 Å². The largest absolute Gasteiger partial charge is 0.486 e. The number of hydrogen-bond acceptors (Lipinski definition) is 5. The van der Waals surface area contributed by atoms with Crippen LogP contribution < -0.4 is 9.64 Å². The summed E-state index contributed by atoms with van der Waals surface area (Å²) in [5, 5.41) is 11.1. The third-order valence-corrected chi connectivity index (χ3v) is 4.59. The fourth-order valence-corrected chi connectivity index (χ4v) is 3.39. The van der Waals surface area contributed by atoms with Crippen molar-refractivity contribution in [3.05, 3.63) is 27.6 Å². The van der Waals surface area contributed by atoms with Crippen LogP contribution in [0.15, 0.2) is 6.07 Å². The SMILES string of the molecule is CN(C)C1CCN(c2c(F)cc([N+](=O)[O-])c3c2CCO3)CC1. The highest BCUT2D eigenvalue weighted by Crippen LogP contribution is 2.43. The quantitative estimate of drug-likeness (QED) is 0.633. The Hall–Kier alpha value is -1.89. The molecule has 120 valence electrons. The lowest BCUT2D eigenvalue weighted by molar-refractivity contribution is -0.385.